The number of nitrogens with zero attached hydrogens (tertiary/aromatic N) is 10. The zero-order valence-electron chi connectivity index (χ0n) is 43.4. The summed E-state index contributed by atoms with van der Waals surface area (Å²) in [7, 11) is -25.5. The molecule has 0 fully saturated rings. The van der Waals surface area contributed by atoms with E-state index in [0.29, 0.717) is 30.3 Å². The molecule has 0 saturated heterocycles. The minimum atomic E-state index is -5.42. The molecule has 0 unspecified atom stereocenters. The fourth-order valence-corrected chi connectivity index (χ4v) is 9.29. The second-order valence-corrected chi connectivity index (χ2v) is 22.4. The van der Waals surface area contributed by atoms with Crippen LogP contribution in [0.3, 0.4) is 0 Å². The molecule has 0 aliphatic rings. The Bertz CT molecular complexity index is 4230. The molecule has 413 valence electrons. The molecule has 32 nitrogen and oxygen atoms in total. The summed E-state index contributed by atoms with van der Waals surface area (Å²) in [6.07, 6.45) is -0.446. The average Bonchev–Trinajstić information content (AvgIpc) is 3.31. The minimum Gasteiger partial charge on any atom is -0.504 e. The number of anilines is 8. The number of azo groups is 2. The number of aromatic carboxylic acids is 1. The number of rotatable bonds is 19. The molecular weight excluding hydrogens is 1240 g/mol. The molecule has 0 bridgehead atoms. The van der Waals surface area contributed by atoms with Crippen molar-refractivity contribution in [2.45, 2.75) is 24.5 Å². The van der Waals surface area contributed by atoms with Gasteiger partial charge in [0.15, 0.2) is 5.75 Å². The predicted octanol–water partition coefficient (Wildman–Crippen LogP) is 7.05. The fraction of sp³-hybridized carbons (Fsp3) is 0. The van der Waals surface area contributed by atoms with E-state index in [1.54, 1.807) is 6.07 Å². The topological polar surface area (TPSA) is 504 Å². The monoisotopic (exact) mass is 1270 g/mol. The third kappa shape index (κ3) is 15.1. The number of phenols is 1. The van der Waals surface area contributed by atoms with Gasteiger partial charge >= 0.3 is 14.5 Å². The van der Waals surface area contributed by atoms with Crippen LogP contribution < -0.4 is 21.3 Å². The summed E-state index contributed by atoms with van der Waals surface area (Å²) in [5.41, 5.74) is -4.20. The van der Waals surface area contributed by atoms with Gasteiger partial charge in [0.2, 0.25) is 34.4 Å². The minimum absolute atomic E-state index is 0. The van der Waals surface area contributed by atoms with Crippen LogP contribution in [0, 0.1) is 6.17 Å². The number of halogens is 2. The number of carboxylic acid groups (broad SMARTS) is 1. The third-order valence-corrected chi connectivity index (χ3v) is 14.0. The van der Waals surface area contributed by atoms with E-state index >= 15 is 0 Å². The van der Waals surface area contributed by atoms with Crippen molar-refractivity contribution in [1.29, 1.82) is 0 Å². The number of hydrogen-bond donors (Lipinski definition) is 11. The van der Waals surface area contributed by atoms with Crippen molar-refractivity contribution in [1.82, 2.24) is 29.9 Å². The van der Waals surface area contributed by atoms with Crippen molar-refractivity contribution in [3.8, 4) is 5.75 Å². The number of carboxylic acids is 1. The molecule has 0 spiro atoms. The fourth-order valence-electron chi connectivity index (χ4n) is 6.10. The molecule has 2 heterocycles. The van der Waals surface area contributed by atoms with Crippen LogP contribution in [0.15, 0.2) is 142 Å². The number of hydrogen-bond acceptors (Lipinski definition) is 26. The quantitative estimate of drug-likeness (QED) is 0.0127. The second-order valence-electron chi connectivity index (χ2n) is 14.7. The van der Waals surface area contributed by atoms with E-state index in [4.69, 9.17) is 23.2 Å². The number of carbonyl (C=O) groups is 1. The van der Waals surface area contributed by atoms with Gasteiger partial charge in [-0.25, -0.2) is 4.79 Å². The number of aromatic hydroxyl groups is 1. The van der Waals surface area contributed by atoms with E-state index in [9.17, 15) is 79.9 Å². The van der Waals surface area contributed by atoms with Gasteiger partial charge in [-0.2, -0.15) is 105 Å². The van der Waals surface area contributed by atoms with Gasteiger partial charge in [-0.3, -0.25) is 22.8 Å². The average molecular weight is 1270 g/mol. The van der Waals surface area contributed by atoms with Crippen LogP contribution in [0.2, 0.25) is 10.6 Å². The van der Waals surface area contributed by atoms with Gasteiger partial charge in [-0.05, 0) is 83.9 Å². The Morgan fingerprint density at radius 2 is 0.962 bits per heavy atom. The molecule has 7 aromatic rings. The number of aromatic nitrogens is 6. The van der Waals surface area contributed by atoms with E-state index in [1.807, 2.05) is 0 Å². The van der Waals surface area contributed by atoms with Crippen molar-refractivity contribution in [2.24, 2.45) is 20.5 Å². The summed E-state index contributed by atoms with van der Waals surface area (Å²) in [6, 6.07) is 16.5. The molecule has 0 aliphatic carbocycles. The maximum absolute atomic E-state index is 12.8. The van der Waals surface area contributed by atoms with E-state index in [2.05, 4.69) is 71.6 Å². The van der Waals surface area contributed by atoms with Gasteiger partial charge in [0, 0.05) is 22.8 Å². The molecule has 1 radical (unpaired) electrons. The van der Waals surface area contributed by atoms with Crippen molar-refractivity contribution in [3.63, 3.8) is 0 Å². The largest absolute Gasteiger partial charge is 1.00 e. The standard InChI is InChI=1S/C38H27Cl2N14O18S5.Cu/c39-33-45-35(41-18-7-4-8-19(11-18)73(58,59)60)49-36(46-33)42-24-15-29(77(70,71)72)25(16-28(24)76(67,68)69)43-37-47-34(40)48-38(50-37)44-26-13-21(75(64,65)66)14-27(30(26)55)52-54-31(17-5-2-1-3-6-17)53-51-23-10-9-20(74(61,62)63)12-22(23)32(56)57;/h1-16,55H,(H,56,57)(H,58,59,60)(H,61,62,63)(H,64,65,66)(H,67,68,69)(H,70,71,72)(H2,41,42,45,46,49)(H2,43,44,47,48,50);/q-1;/p+6. The van der Waals surface area contributed by atoms with Gasteiger partial charge in [-0.15, -0.1) is 17.7 Å². The summed E-state index contributed by atoms with van der Waals surface area (Å²) in [4.78, 5) is 30.4. The zero-order chi connectivity index (χ0) is 56.4. The molecule has 78 heavy (non-hydrogen) atoms. The molecule has 0 saturated carbocycles. The van der Waals surface area contributed by atoms with Crippen LogP contribution in [0.1, 0.15) is 24.5 Å². The summed E-state index contributed by atoms with van der Waals surface area (Å²) in [6.45, 7) is 0. The number of phenolic OH excluding ortho intramolecular Hbond substituents is 1. The number of nitrogens with one attached hydrogen (secondary N) is 4. The Morgan fingerprint density at radius 3 is 1.44 bits per heavy atom. The first-order chi connectivity index (χ1) is 35.8. The first-order valence-electron chi connectivity index (χ1n) is 19.9. The Morgan fingerprint density at radius 1 is 0.500 bits per heavy atom. The first kappa shape index (κ1) is 59.6. The maximum Gasteiger partial charge on any atom is 1.00 e. The summed E-state index contributed by atoms with van der Waals surface area (Å²) >= 11 is 12.2. The van der Waals surface area contributed by atoms with E-state index in [0.717, 1.165) is 24.3 Å². The first-order valence-corrected chi connectivity index (χ1v) is 27.8. The van der Waals surface area contributed by atoms with Gasteiger partial charge in [0.1, 0.15) is 15.5 Å². The van der Waals surface area contributed by atoms with E-state index in [-0.39, 0.29) is 36.9 Å². The van der Waals surface area contributed by atoms with Crippen LogP contribution in [-0.2, 0) is 67.7 Å². The van der Waals surface area contributed by atoms with Crippen LogP contribution >= 0.6 is 23.2 Å². The molecule has 11 N–H and O–H groups in total. The molecule has 5 aromatic carbocycles. The molecule has 7 rings (SSSR count). The van der Waals surface area contributed by atoms with Crippen LogP contribution in [0.4, 0.5) is 57.9 Å². The smallest absolute Gasteiger partial charge is 0.504 e. The van der Waals surface area contributed by atoms with E-state index < -0.39 is 161 Å². The number of benzene rings is 5. The van der Waals surface area contributed by atoms with Crippen LogP contribution in [0.25, 0.3) is 0 Å². The molecule has 0 atom stereocenters. The Labute approximate surface area is 467 Å². The normalized spacial score (nSPS) is 12.2. The van der Waals surface area contributed by atoms with Gasteiger partial charge in [0.05, 0.1) is 49.2 Å². The molecule has 0 aliphatic heterocycles. The molecule has 2 aromatic heterocycles. The molecule has 40 heteroatoms. The SMILES string of the molecule is O=C(O)c1cc(S(=O)(=O)O)ccc1N=N[C-](N=Nc1cc(S(=O)(=O)O)cc(Nc2nc(Cl)nc(Nc3cc(S(=O)(=O)O)c(Nc4nc(Cl)nc(Nc5cccc(S(=O)(=O)O)c5)n4)cc3S(=O)(=O)O)n2)c1O)c1ccccc1.[Cu].[H+].[H+].[H+].[H+].[H+].[H+]. The van der Waals surface area contributed by atoms with Crippen molar-refractivity contribution in [3.05, 3.63) is 125 Å². The Kier molecular flexibility index (Phi) is 17.6. The predicted molar refractivity (Wildman–Crippen MR) is 271 cm³/mol. The zero-order valence-corrected chi connectivity index (χ0v) is 44.0. The summed E-state index contributed by atoms with van der Waals surface area (Å²) < 4.78 is 172. The Hall–Kier alpha value is -7.69. The molecular formula is C38H33Cl2CuN14O18S5+5. The summed E-state index contributed by atoms with van der Waals surface area (Å²) in [5, 5.41) is 44.7. The van der Waals surface area contributed by atoms with Gasteiger partial charge < -0.3 is 31.5 Å². The maximum atomic E-state index is 12.8. The van der Waals surface area contributed by atoms with Gasteiger partial charge in [-0.1, -0.05) is 12.1 Å². The van der Waals surface area contributed by atoms with Crippen LogP contribution in [0.5, 0.6) is 5.75 Å². The van der Waals surface area contributed by atoms with Crippen molar-refractivity contribution >= 4 is 138 Å². The Balaban J connectivity index is 0.00000984. The van der Waals surface area contributed by atoms with Crippen LogP contribution in [-0.4, -0.2) is 111 Å². The molecule has 0 amide bonds. The van der Waals surface area contributed by atoms with E-state index in [1.165, 1.54) is 36.4 Å². The van der Waals surface area contributed by atoms with Crippen molar-refractivity contribution in [2.75, 3.05) is 21.3 Å². The van der Waals surface area contributed by atoms with Crippen molar-refractivity contribution < 1.29 is 105 Å². The summed E-state index contributed by atoms with van der Waals surface area (Å²) in [5.74, 6) is -5.22. The second kappa shape index (κ2) is 23.1. The third-order valence-electron chi connectivity index (χ3n) is 9.38. The van der Waals surface area contributed by atoms with Gasteiger partial charge in [0.25, 0.3) is 50.6 Å².